The van der Waals surface area contributed by atoms with Gasteiger partial charge >= 0.3 is 0 Å². The number of hydrogen-bond donors (Lipinski definition) is 1. The first kappa shape index (κ1) is 18.9. The molecular weight excluding hydrogens is 300 g/mol. The first-order valence-electron chi connectivity index (χ1n) is 9.21. The van der Waals surface area contributed by atoms with Gasteiger partial charge in [-0.3, -0.25) is 4.79 Å². The molecule has 1 fully saturated rings. The number of nitrogens with one attached hydrogen (secondary N) is 1. The topological polar surface area (TPSA) is 41.6 Å². The Kier molecular flexibility index (Phi) is 7.25. The predicted octanol–water partition coefficient (Wildman–Crippen LogP) is 3.83. The standard InChI is InChI=1S/C20H32N2O2/c1-5-24-18-8-6-10-22(14-18)11-7-9-19(23)21-20-16(3)12-15(2)13-17(20)4/h12-13,18H,5-11,14H2,1-4H3,(H,21,23). The molecule has 1 amide bonds. The molecule has 1 aliphatic heterocycles. The lowest BCUT2D eigenvalue weighted by molar-refractivity contribution is -0.116. The van der Waals surface area contributed by atoms with Gasteiger partial charge in [-0.15, -0.1) is 0 Å². The molecule has 1 saturated heterocycles. The Balaban J connectivity index is 1.76. The molecular formula is C20H32N2O2. The van der Waals surface area contributed by atoms with Crippen molar-refractivity contribution >= 4 is 11.6 Å². The Labute approximate surface area is 146 Å². The van der Waals surface area contributed by atoms with E-state index in [0.29, 0.717) is 12.5 Å². The molecule has 0 bridgehead atoms. The van der Waals surface area contributed by atoms with E-state index in [2.05, 4.69) is 50.0 Å². The number of hydrogen-bond acceptors (Lipinski definition) is 3. The molecule has 4 nitrogen and oxygen atoms in total. The van der Waals surface area contributed by atoms with Crippen LogP contribution in [0.3, 0.4) is 0 Å². The lowest BCUT2D eigenvalue weighted by atomic mass is 10.0. The number of benzene rings is 1. The highest BCUT2D eigenvalue weighted by Crippen LogP contribution is 2.22. The molecule has 0 spiro atoms. The van der Waals surface area contributed by atoms with Crippen molar-refractivity contribution in [3.63, 3.8) is 0 Å². The van der Waals surface area contributed by atoms with Crippen LogP contribution in [0.5, 0.6) is 0 Å². The summed E-state index contributed by atoms with van der Waals surface area (Å²) in [5, 5.41) is 3.09. The van der Waals surface area contributed by atoms with Crippen molar-refractivity contribution < 1.29 is 9.53 Å². The first-order chi connectivity index (χ1) is 11.5. The zero-order valence-electron chi connectivity index (χ0n) is 15.7. The predicted molar refractivity (Wildman–Crippen MR) is 99.6 cm³/mol. The van der Waals surface area contributed by atoms with E-state index in [1.165, 1.54) is 12.0 Å². The third-order valence-electron chi connectivity index (χ3n) is 4.68. The molecule has 0 aliphatic carbocycles. The van der Waals surface area contributed by atoms with E-state index in [1.54, 1.807) is 0 Å². The fourth-order valence-corrected chi connectivity index (χ4v) is 3.63. The van der Waals surface area contributed by atoms with Gasteiger partial charge in [0.15, 0.2) is 0 Å². The summed E-state index contributed by atoms with van der Waals surface area (Å²) in [6.45, 7) is 12.1. The van der Waals surface area contributed by atoms with Crippen LogP contribution in [0.1, 0.15) is 49.3 Å². The zero-order chi connectivity index (χ0) is 17.5. The van der Waals surface area contributed by atoms with Gasteiger partial charge in [0.25, 0.3) is 0 Å². The SMILES string of the molecule is CCOC1CCCN(CCCC(=O)Nc2c(C)cc(C)cc2C)C1. The van der Waals surface area contributed by atoms with Gasteiger partial charge < -0.3 is 15.0 Å². The van der Waals surface area contributed by atoms with Gasteiger partial charge in [-0.2, -0.15) is 0 Å². The monoisotopic (exact) mass is 332 g/mol. The minimum atomic E-state index is 0.114. The number of carbonyl (C=O) groups is 1. The highest BCUT2D eigenvalue weighted by atomic mass is 16.5. The lowest BCUT2D eigenvalue weighted by Crippen LogP contribution is -2.40. The third-order valence-corrected chi connectivity index (χ3v) is 4.68. The number of nitrogens with zero attached hydrogens (tertiary/aromatic N) is 1. The Morgan fingerprint density at radius 3 is 2.67 bits per heavy atom. The van der Waals surface area contributed by atoms with Crippen molar-refractivity contribution in [1.29, 1.82) is 0 Å². The maximum atomic E-state index is 12.3. The fraction of sp³-hybridized carbons (Fsp3) is 0.650. The van der Waals surface area contributed by atoms with Gasteiger partial charge in [0, 0.05) is 25.3 Å². The average Bonchev–Trinajstić information content (AvgIpc) is 2.51. The van der Waals surface area contributed by atoms with Crippen molar-refractivity contribution in [1.82, 2.24) is 4.90 Å². The minimum absolute atomic E-state index is 0.114. The van der Waals surface area contributed by atoms with Crippen LogP contribution in [-0.4, -0.2) is 43.2 Å². The largest absolute Gasteiger partial charge is 0.377 e. The van der Waals surface area contributed by atoms with Crippen molar-refractivity contribution in [3.05, 3.63) is 28.8 Å². The normalized spacial score (nSPS) is 18.6. The van der Waals surface area contributed by atoms with Gasteiger partial charge in [-0.1, -0.05) is 17.7 Å². The molecule has 2 rings (SSSR count). The van der Waals surface area contributed by atoms with E-state index < -0.39 is 0 Å². The van der Waals surface area contributed by atoms with Gasteiger partial charge in [0.2, 0.25) is 5.91 Å². The van der Waals surface area contributed by atoms with Crippen LogP contribution in [0.2, 0.25) is 0 Å². The summed E-state index contributed by atoms with van der Waals surface area (Å²) in [5.41, 5.74) is 4.48. The molecule has 0 saturated carbocycles. The summed E-state index contributed by atoms with van der Waals surface area (Å²) in [4.78, 5) is 14.7. The molecule has 0 radical (unpaired) electrons. The molecule has 24 heavy (non-hydrogen) atoms. The maximum absolute atomic E-state index is 12.3. The molecule has 4 heteroatoms. The van der Waals surface area contributed by atoms with E-state index in [4.69, 9.17) is 4.74 Å². The maximum Gasteiger partial charge on any atom is 0.224 e. The zero-order valence-corrected chi connectivity index (χ0v) is 15.7. The van der Waals surface area contributed by atoms with Gasteiger partial charge in [-0.05, 0) is 71.2 Å². The Morgan fingerprint density at radius 1 is 1.29 bits per heavy atom. The van der Waals surface area contributed by atoms with E-state index in [1.807, 2.05) is 0 Å². The van der Waals surface area contributed by atoms with Crippen LogP contribution in [0.25, 0.3) is 0 Å². The average molecular weight is 332 g/mol. The number of ether oxygens (including phenoxy) is 1. The summed E-state index contributed by atoms with van der Waals surface area (Å²) in [6, 6.07) is 4.23. The molecule has 1 atom stereocenters. The molecule has 1 heterocycles. The summed E-state index contributed by atoms with van der Waals surface area (Å²) in [6.07, 6.45) is 4.20. The van der Waals surface area contributed by atoms with Gasteiger partial charge in [0.1, 0.15) is 0 Å². The number of carbonyl (C=O) groups excluding carboxylic acids is 1. The van der Waals surface area contributed by atoms with Crippen molar-refractivity contribution in [2.45, 2.75) is 59.5 Å². The minimum Gasteiger partial charge on any atom is -0.377 e. The summed E-state index contributed by atoms with van der Waals surface area (Å²) in [7, 11) is 0. The van der Waals surface area contributed by atoms with Crippen LogP contribution in [0, 0.1) is 20.8 Å². The number of piperidine rings is 1. The van der Waals surface area contributed by atoms with Crippen LogP contribution < -0.4 is 5.32 Å². The lowest BCUT2D eigenvalue weighted by Gasteiger charge is -2.32. The summed E-state index contributed by atoms with van der Waals surface area (Å²) >= 11 is 0. The molecule has 0 aromatic heterocycles. The van der Waals surface area contributed by atoms with E-state index in [9.17, 15) is 4.79 Å². The molecule has 1 aliphatic rings. The van der Waals surface area contributed by atoms with E-state index in [0.717, 1.165) is 55.9 Å². The summed E-state index contributed by atoms with van der Waals surface area (Å²) < 4.78 is 5.73. The van der Waals surface area contributed by atoms with Crippen molar-refractivity contribution in [2.24, 2.45) is 0 Å². The number of likely N-dealkylation sites (tertiary alicyclic amines) is 1. The number of anilines is 1. The molecule has 1 unspecified atom stereocenters. The van der Waals surface area contributed by atoms with Crippen LogP contribution in [-0.2, 0) is 9.53 Å². The van der Waals surface area contributed by atoms with Crippen LogP contribution >= 0.6 is 0 Å². The number of amides is 1. The molecule has 1 aromatic carbocycles. The van der Waals surface area contributed by atoms with Gasteiger partial charge in [-0.25, -0.2) is 0 Å². The Bertz CT molecular complexity index is 532. The van der Waals surface area contributed by atoms with Crippen LogP contribution in [0.15, 0.2) is 12.1 Å². The van der Waals surface area contributed by atoms with E-state index >= 15 is 0 Å². The smallest absolute Gasteiger partial charge is 0.224 e. The Hall–Kier alpha value is -1.39. The second kappa shape index (κ2) is 9.19. The van der Waals surface area contributed by atoms with Crippen LogP contribution in [0.4, 0.5) is 5.69 Å². The second-order valence-electron chi connectivity index (χ2n) is 6.95. The fourth-order valence-electron chi connectivity index (χ4n) is 3.63. The number of rotatable bonds is 7. The first-order valence-corrected chi connectivity index (χ1v) is 9.21. The van der Waals surface area contributed by atoms with Gasteiger partial charge in [0.05, 0.1) is 6.10 Å². The molecule has 1 aromatic rings. The number of aryl methyl sites for hydroxylation is 3. The summed E-state index contributed by atoms with van der Waals surface area (Å²) in [5.74, 6) is 0.114. The van der Waals surface area contributed by atoms with Crippen molar-refractivity contribution in [2.75, 3.05) is 31.6 Å². The highest BCUT2D eigenvalue weighted by Gasteiger charge is 2.19. The highest BCUT2D eigenvalue weighted by molar-refractivity contribution is 5.92. The second-order valence-corrected chi connectivity index (χ2v) is 6.95. The third kappa shape index (κ3) is 5.60. The Morgan fingerprint density at radius 2 is 2.00 bits per heavy atom. The molecule has 134 valence electrons. The van der Waals surface area contributed by atoms with Crippen molar-refractivity contribution in [3.8, 4) is 0 Å². The van der Waals surface area contributed by atoms with E-state index in [-0.39, 0.29) is 5.91 Å². The molecule has 1 N–H and O–H groups in total. The quantitative estimate of drug-likeness (QED) is 0.825.